The highest BCUT2D eigenvalue weighted by Crippen LogP contribution is 2.35. The Morgan fingerprint density at radius 2 is 1.97 bits per heavy atom. The zero-order valence-corrected chi connectivity index (χ0v) is 21.3. The second-order valence-electron chi connectivity index (χ2n) is 10.3. The molecule has 11 heteroatoms. The van der Waals surface area contributed by atoms with Crippen LogP contribution < -0.4 is 10.6 Å². The third-order valence-electron chi connectivity index (χ3n) is 6.93. The molecule has 3 aliphatic rings. The van der Waals surface area contributed by atoms with Gasteiger partial charge in [-0.2, -0.15) is 0 Å². The van der Waals surface area contributed by atoms with E-state index >= 15 is 0 Å². The molecule has 3 fully saturated rings. The van der Waals surface area contributed by atoms with Crippen molar-refractivity contribution in [3.8, 4) is 0 Å². The maximum Gasteiger partial charge on any atom is 0.240 e. The first-order valence-corrected chi connectivity index (χ1v) is 13.4. The van der Waals surface area contributed by atoms with Crippen molar-refractivity contribution in [1.82, 2.24) is 10.6 Å². The quantitative estimate of drug-likeness (QED) is 0.257. The maximum absolute atomic E-state index is 13.3. The first-order valence-electron chi connectivity index (χ1n) is 11.7. The van der Waals surface area contributed by atoms with E-state index in [-0.39, 0.29) is 17.9 Å². The SMILES string of the molecule is CSC1O[C@H]([C@H](NC(=O)[C@H]2NC[C@@H]3C[C@H](CC(C)(C)O)CCO[C@H]32)[C@H](C)Cl)C(O)C(O)[C@H]1O. The van der Waals surface area contributed by atoms with Crippen LogP contribution >= 0.6 is 23.4 Å². The van der Waals surface area contributed by atoms with Gasteiger partial charge in [-0.25, -0.2) is 0 Å². The highest BCUT2D eigenvalue weighted by molar-refractivity contribution is 7.99. The Hall–Kier alpha value is -0.170. The van der Waals surface area contributed by atoms with Gasteiger partial charge in [0.15, 0.2) is 0 Å². The molecule has 1 amide bonds. The van der Waals surface area contributed by atoms with E-state index in [0.29, 0.717) is 25.5 Å². The minimum atomic E-state index is -1.41. The third-order valence-corrected chi connectivity index (χ3v) is 8.06. The number of fused-ring (bicyclic) bond motifs is 1. The van der Waals surface area contributed by atoms with Crippen molar-refractivity contribution < 1.29 is 34.7 Å². The highest BCUT2D eigenvalue weighted by Gasteiger charge is 2.49. The molecule has 3 saturated heterocycles. The summed E-state index contributed by atoms with van der Waals surface area (Å²) in [4.78, 5) is 13.3. The molecule has 6 N–H and O–H groups in total. The van der Waals surface area contributed by atoms with Crippen LogP contribution in [0.2, 0.25) is 0 Å². The van der Waals surface area contributed by atoms with Crippen LogP contribution in [0.5, 0.6) is 0 Å². The van der Waals surface area contributed by atoms with E-state index in [1.165, 1.54) is 11.8 Å². The normalized spacial score (nSPS) is 41.7. The Morgan fingerprint density at radius 1 is 1.27 bits per heavy atom. The summed E-state index contributed by atoms with van der Waals surface area (Å²) in [6, 6.07) is -1.37. The van der Waals surface area contributed by atoms with Crippen LogP contribution in [-0.4, -0.2) is 105 Å². The summed E-state index contributed by atoms with van der Waals surface area (Å²) in [5.74, 6) is 0.163. The summed E-state index contributed by atoms with van der Waals surface area (Å²) in [7, 11) is 0. The number of carbonyl (C=O) groups is 1. The minimum absolute atomic E-state index is 0.150. The molecule has 0 aromatic rings. The van der Waals surface area contributed by atoms with Crippen molar-refractivity contribution in [3.63, 3.8) is 0 Å². The molecule has 3 unspecified atom stereocenters. The number of aliphatic hydroxyl groups excluding tert-OH is 3. The lowest BCUT2D eigenvalue weighted by atomic mass is 9.83. The molecule has 0 saturated carbocycles. The number of halogens is 1. The molecular formula is C22H39ClN2O7S. The lowest BCUT2D eigenvalue weighted by Crippen LogP contribution is -2.65. The molecule has 192 valence electrons. The molecule has 0 aliphatic carbocycles. The van der Waals surface area contributed by atoms with Gasteiger partial charge >= 0.3 is 0 Å². The molecular weight excluding hydrogens is 472 g/mol. The molecule has 0 spiro atoms. The van der Waals surface area contributed by atoms with E-state index in [0.717, 1.165) is 12.8 Å². The molecule has 0 aromatic carbocycles. The van der Waals surface area contributed by atoms with Gasteiger partial charge in [0.05, 0.1) is 23.1 Å². The summed E-state index contributed by atoms with van der Waals surface area (Å²) in [6.45, 7) is 6.46. The van der Waals surface area contributed by atoms with E-state index in [1.54, 1.807) is 13.2 Å². The topological polar surface area (TPSA) is 141 Å². The van der Waals surface area contributed by atoms with Gasteiger partial charge in [0.25, 0.3) is 0 Å². The predicted octanol–water partition coefficient (Wildman–Crippen LogP) is -0.187. The van der Waals surface area contributed by atoms with Crippen LogP contribution in [0.15, 0.2) is 0 Å². The molecule has 0 radical (unpaired) electrons. The fourth-order valence-corrected chi connectivity index (χ4v) is 6.25. The standard InChI is InChI=1S/C22H39ClN2O7S/c1-10(23)13(19-16(27)15(26)17(28)21(32-19)33-4)25-20(29)14-18-12(9-24-14)7-11(5-6-31-18)8-22(2,3)30/h10-19,21,24,26-28,30H,5-9H2,1-4H3,(H,25,29)/t10-,11+,12-,13+,14-,15?,16?,17+,18+,19+,21?/m0/s1. The number of hydrogen-bond acceptors (Lipinski definition) is 9. The van der Waals surface area contributed by atoms with Crippen LogP contribution in [0.25, 0.3) is 0 Å². The number of rotatable bonds is 7. The van der Waals surface area contributed by atoms with Gasteiger partial charge in [-0.1, -0.05) is 0 Å². The van der Waals surface area contributed by atoms with Gasteiger partial charge < -0.3 is 40.5 Å². The predicted molar refractivity (Wildman–Crippen MR) is 126 cm³/mol. The molecule has 0 aromatic heterocycles. The first kappa shape index (κ1) is 27.4. The van der Waals surface area contributed by atoms with Gasteiger partial charge in [0.1, 0.15) is 35.9 Å². The molecule has 3 rings (SSSR count). The third kappa shape index (κ3) is 6.54. The summed E-state index contributed by atoms with van der Waals surface area (Å²) in [6.07, 6.45) is -1.24. The van der Waals surface area contributed by atoms with Crippen molar-refractivity contribution >= 4 is 29.3 Å². The number of aliphatic hydroxyl groups is 4. The smallest absolute Gasteiger partial charge is 0.240 e. The minimum Gasteiger partial charge on any atom is -0.390 e. The van der Waals surface area contributed by atoms with E-state index in [1.807, 2.05) is 13.8 Å². The van der Waals surface area contributed by atoms with Gasteiger partial charge in [-0.15, -0.1) is 23.4 Å². The number of hydrogen-bond donors (Lipinski definition) is 6. The molecule has 0 bridgehead atoms. The monoisotopic (exact) mass is 510 g/mol. The summed E-state index contributed by atoms with van der Waals surface area (Å²) >= 11 is 7.59. The zero-order chi connectivity index (χ0) is 24.5. The molecule has 9 nitrogen and oxygen atoms in total. The molecule has 11 atom stereocenters. The average Bonchev–Trinajstić information content (AvgIpc) is 3.01. The van der Waals surface area contributed by atoms with Gasteiger partial charge in [-0.3, -0.25) is 4.79 Å². The zero-order valence-electron chi connectivity index (χ0n) is 19.7. The van der Waals surface area contributed by atoms with Crippen molar-refractivity contribution in [3.05, 3.63) is 0 Å². The number of nitrogens with one attached hydrogen (secondary N) is 2. The van der Waals surface area contributed by atoms with Gasteiger partial charge in [-0.05, 0) is 58.1 Å². The molecule has 3 heterocycles. The van der Waals surface area contributed by atoms with E-state index in [9.17, 15) is 25.2 Å². The van der Waals surface area contributed by atoms with E-state index < -0.39 is 52.9 Å². The summed E-state index contributed by atoms with van der Waals surface area (Å²) in [5.41, 5.74) is -1.50. The van der Waals surface area contributed by atoms with Crippen molar-refractivity contribution in [1.29, 1.82) is 0 Å². The fraction of sp³-hybridized carbons (Fsp3) is 0.955. The fourth-order valence-electron chi connectivity index (χ4n) is 5.36. The Kier molecular flexibility index (Phi) is 9.36. The summed E-state index contributed by atoms with van der Waals surface area (Å²) < 4.78 is 11.9. The number of amides is 1. The van der Waals surface area contributed by atoms with E-state index in [2.05, 4.69) is 10.6 Å². The van der Waals surface area contributed by atoms with Gasteiger partial charge in [0.2, 0.25) is 5.91 Å². The number of thioether (sulfide) groups is 1. The van der Waals surface area contributed by atoms with Gasteiger partial charge in [0, 0.05) is 13.2 Å². The maximum atomic E-state index is 13.3. The number of alkyl halides is 1. The summed E-state index contributed by atoms with van der Waals surface area (Å²) in [5, 5.41) is 46.7. The largest absolute Gasteiger partial charge is 0.390 e. The Morgan fingerprint density at radius 3 is 2.58 bits per heavy atom. The number of carbonyl (C=O) groups excluding carboxylic acids is 1. The lowest BCUT2D eigenvalue weighted by Gasteiger charge is -2.44. The van der Waals surface area contributed by atoms with Crippen molar-refractivity contribution in [2.45, 2.75) is 99.1 Å². The highest BCUT2D eigenvalue weighted by atomic mass is 35.5. The lowest BCUT2D eigenvalue weighted by molar-refractivity contribution is -0.205. The van der Waals surface area contributed by atoms with Crippen LogP contribution in [0.1, 0.15) is 40.0 Å². The second kappa shape index (κ2) is 11.3. The van der Waals surface area contributed by atoms with Crippen molar-refractivity contribution in [2.75, 3.05) is 19.4 Å². The van der Waals surface area contributed by atoms with Crippen LogP contribution in [0.4, 0.5) is 0 Å². The second-order valence-corrected chi connectivity index (χ2v) is 11.9. The Labute approximate surface area is 204 Å². The molecule has 3 aliphatic heterocycles. The van der Waals surface area contributed by atoms with E-state index in [4.69, 9.17) is 21.1 Å². The Balaban J connectivity index is 1.68. The van der Waals surface area contributed by atoms with Crippen LogP contribution in [0, 0.1) is 11.8 Å². The first-order chi connectivity index (χ1) is 15.4. The number of ether oxygens (including phenoxy) is 2. The Bertz CT molecular complexity index is 665. The van der Waals surface area contributed by atoms with Crippen molar-refractivity contribution in [2.24, 2.45) is 11.8 Å². The van der Waals surface area contributed by atoms with Crippen LogP contribution in [0.3, 0.4) is 0 Å². The molecule has 33 heavy (non-hydrogen) atoms. The van der Waals surface area contributed by atoms with Crippen LogP contribution in [-0.2, 0) is 14.3 Å². The average molecular weight is 511 g/mol.